The standard InChI is InChI=1S/C11H14N2OS/c1-8-3-4-11(15-8)9(2)12-5-10-6-13-14-7-10/h3-4,6-7,9,12H,5H2,1-2H3. The fourth-order valence-electron chi connectivity index (χ4n) is 1.37. The van der Waals surface area contributed by atoms with E-state index in [1.54, 1.807) is 12.5 Å². The highest BCUT2D eigenvalue weighted by Gasteiger charge is 2.07. The van der Waals surface area contributed by atoms with Crippen LogP contribution < -0.4 is 5.32 Å². The molecule has 2 heterocycles. The van der Waals surface area contributed by atoms with Crippen LogP contribution in [0.2, 0.25) is 0 Å². The second kappa shape index (κ2) is 4.59. The van der Waals surface area contributed by atoms with Gasteiger partial charge in [0.15, 0.2) is 0 Å². The molecule has 80 valence electrons. The molecule has 2 aromatic rings. The second-order valence-electron chi connectivity index (χ2n) is 3.58. The molecule has 0 aliphatic rings. The lowest BCUT2D eigenvalue weighted by Gasteiger charge is -2.10. The molecule has 0 radical (unpaired) electrons. The van der Waals surface area contributed by atoms with Crippen LogP contribution in [-0.4, -0.2) is 5.16 Å². The summed E-state index contributed by atoms with van der Waals surface area (Å²) in [5.41, 5.74) is 1.08. The molecule has 1 unspecified atom stereocenters. The highest BCUT2D eigenvalue weighted by molar-refractivity contribution is 7.12. The van der Waals surface area contributed by atoms with Gasteiger partial charge in [-0.2, -0.15) is 0 Å². The van der Waals surface area contributed by atoms with Crippen LogP contribution in [-0.2, 0) is 6.54 Å². The monoisotopic (exact) mass is 222 g/mol. The maximum absolute atomic E-state index is 4.77. The summed E-state index contributed by atoms with van der Waals surface area (Å²) in [6, 6.07) is 4.70. The number of thiophene rings is 1. The lowest BCUT2D eigenvalue weighted by Crippen LogP contribution is -2.16. The minimum absolute atomic E-state index is 0.374. The maximum atomic E-state index is 4.77. The third kappa shape index (κ3) is 2.67. The van der Waals surface area contributed by atoms with Crippen molar-refractivity contribution >= 4 is 11.3 Å². The number of rotatable bonds is 4. The van der Waals surface area contributed by atoms with Gasteiger partial charge in [-0.1, -0.05) is 5.16 Å². The number of nitrogens with one attached hydrogen (secondary N) is 1. The highest BCUT2D eigenvalue weighted by atomic mass is 32.1. The molecule has 2 rings (SSSR count). The maximum Gasteiger partial charge on any atom is 0.128 e. The molecule has 0 aromatic carbocycles. The summed E-state index contributed by atoms with van der Waals surface area (Å²) < 4.78 is 4.77. The first-order valence-corrected chi connectivity index (χ1v) is 5.75. The first-order valence-electron chi connectivity index (χ1n) is 4.93. The van der Waals surface area contributed by atoms with E-state index in [4.69, 9.17) is 4.52 Å². The van der Waals surface area contributed by atoms with E-state index >= 15 is 0 Å². The molecule has 0 saturated carbocycles. The largest absolute Gasteiger partial charge is 0.364 e. The summed E-state index contributed by atoms with van der Waals surface area (Å²) in [6.45, 7) is 5.08. The molecule has 1 atom stereocenters. The fourth-order valence-corrected chi connectivity index (χ4v) is 2.28. The van der Waals surface area contributed by atoms with Crippen molar-refractivity contribution < 1.29 is 4.52 Å². The van der Waals surface area contributed by atoms with Crippen LogP contribution in [0.15, 0.2) is 29.1 Å². The van der Waals surface area contributed by atoms with Crippen molar-refractivity contribution in [3.63, 3.8) is 0 Å². The van der Waals surface area contributed by atoms with E-state index in [9.17, 15) is 0 Å². The van der Waals surface area contributed by atoms with E-state index in [2.05, 4.69) is 36.5 Å². The Kier molecular flexibility index (Phi) is 3.18. The van der Waals surface area contributed by atoms with Gasteiger partial charge < -0.3 is 9.84 Å². The molecule has 3 nitrogen and oxygen atoms in total. The van der Waals surface area contributed by atoms with E-state index in [-0.39, 0.29) is 0 Å². The first-order chi connectivity index (χ1) is 7.25. The summed E-state index contributed by atoms with van der Waals surface area (Å²) in [5.74, 6) is 0. The SMILES string of the molecule is Cc1ccc(C(C)NCc2cnoc2)s1. The van der Waals surface area contributed by atoms with E-state index in [1.165, 1.54) is 9.75 Å². The molecule has 0 amide bonds. The zero-order valence-corrected chi connectivity index (χ0v) is 9.67. The lowest BCUT2D eigenvalue weighted by atomic mass is 10.2. The van der Waals surface area contributed by atoms with Gasteiger partial charge in [-0.05, 0) is 26.0 Å². The normalized spacial score (nSPS) is 12.9. The zero-order chi connectivity index (χ0) is 10.7. The Bertz CT molecular complexity index is 408. The Labute approximate surface area is 93.1 Å². The van der Waals surface area contributed by atoms with Gasteiger partial charge in [0.2, 0.25) is 0 Å². The van der Waals surface area contributed by atoms with Crippen LogP contribution in [0.4, 0.5) is 0 Å². The Hall–Kier alpha value is -1.13. The number of aryl methyl sites for hydroxylation is 1. The molecule has 2 aromatic heterocycles. The van der Waals surface area contributed by atoms with Gasteiger partial charge >= 0.3 is 0 Å². The number of nitrogens with zero attached hydrogens (tertiary/aromatic N) is 1. The molecule has 0 bridgehead atoms. The molecular formula is C11H14N2OS. The topological polar surface area (TPSA) is 38.1 Å². The van der Waals surface area contributed by atoms with Crippen LogP contribution >= 0.6 is 11.3 Å². The van der Waals surface area contributed by atoms with Crippen molar-refractivity contribution in [1.82, 2.24) is 10.5 Å². The highest BCUT2D eigenvalue weighted by Crippen LogP contribution is 2.22. The average molecular weight is 222 g/mol. The average Bonchev–Trinajstić information content (AvgIpc) is 2.84. The van der Waals surface area contributed by atoms with Crippen molar-refractivity contribution in [1.29, 1.82) is 0 Å². The summed E-state index contributed by atoms with van der Waals surface area (Å²) in [5, 5.41) is 7.09. The van der Waals surface area contributed by atoms with Gasteiger partial charge in [0.25, 0.3) is 0 Å². The molecule has 0 fully saturated rings. The number of aromatic nitrogens is 1. The Morgan fingerprint density at radius 1 is 1.53 bits per heavy atom. The summed E-state index contributed by atoms with van der Waals surface area (Å²) >= 11 is 1.83. The van der Waals surface area contributed by atoms with Gasteiger partial charge in [0, 0.05) is 27.9 Å². The van der Waals surface area contributed by atoms with Crippen molar-refractivity contribution in [2.24, 2.45) is 0 Å². The zero-order valence-electron chi connectivity index (χ0n) is 8.86. The molecule has 0 aliphatic carbocycles. The Balaban J connectivity index is 1.90. The van der Waals surface area contributed by atoms with Crippen molar-refractivity contribution in [2.45, 2.75) is 26.4 Å². The third-order valence-corrected chi connectivity index (χ3v) is 3.47. The number of hydrogen-bond donors (Lipinski definition) is 1. The predicted molar refractivity (Wildman–Crippen MR) is 60.8 cm³/mol. The summed E-state index contributed by atoms with van der Waals surface area (Å²) in [4.78, 5) is 2.72. The van der Waals surface area contributed by atoms with Gasteiger partial charge in [0.1, 0.15) is 6.26 Å². The van der Waals surface area contributed by atoms with Gasteiger partial charge in [0.05, 0.1) is 6.20 Å². The summed E-state index contributed by atoms with van der Waals surface area (Å²) in [6.07, 6.45) is 3.40. The molecule has 0 saturated heterocycles. The first kappa shape index (κ1) is 10.4. The predicted octanol–water partition coefficient (Wildman–Crippen LogP) is 2.90. The molecule has 0 spiro atoms. The summed E-state index contributed by atoms with van der Waals surface area (Å²) in [7, 11) is 0. The van der Waals surface area contributed by atoms with Crippen molar-refractivity contribution in [2.75, 3.05) is 0 Å². The van der Waals surface area contributed by atoms with Crippen LogP contribution in [0.25, 0.3) is 0 Å². The van der Waals surface area contributed by atoms with E-state index in [0.717, 1.165) is 12.1 Å². The minimum Gasteiger partial charge on any atom is -0.364 e. The molecule has 4 heteroatoms. The second-order valence-corrected chi connectivity index (χ2v) is 4.90. The molecule has 1 N–H and O–H groups in total. The fraction of sp³-hybridized carbons (Fsp3) is 0.364. The van der Waals surface area contributed by atoms with Gasteiger partial charge in [-0.15, -0.1) is 11.3 Å². The van der Waals surface area contributed by atoms with E-state index < -0.39 is 0 Å². The quantitative estimate of drug-likeness (QED) is 0.864. The smallest absolute Gasteiger partial charge is 0.128 e. The van der Waals surface area contributed by atoms with Crippen molar-refractivity contribution in [3.05, 3.63) is 39.9 Å². The molecule has 0 aliphatic heterocycles. The van der Waals surface area contributed by atoms with Gasteiger partial charge in [-0.25, -0.2) is 0 Å². The third-order valence-electron chi connectivity index (χ3n) is 2.28. The van der Waals surface area contributed by atoms with Crippen LogP contribution in [0, 0.1) is 6.92 Å². The molecule has 15 heavy (non-hydrogen) atoms. The minimum atomic E-state index is 0.374. The Morgan fingerprint density at radius 2 is 2.40 bits per heavy atom. The van der Waals surface area contributed by atoms with Gasteiger partial charge in [-0.3, -0.25) is 0 Å². The Morgan fingerprint density at radius 3 is 3.00 bits per heavy atom. The molecular weight excluding hydrogens is 208 g/mol. The van der Waals surface area contributed by atoms with Crippen molar-refractivity contribution in [3.8, 4) is 0 Å². The lowest BCUT2D eigenvalue weighted by molar-refractivity contribution is 0.418. The van der Waals surface area contributed by atoms with Crippen LogP contribution in [0.3, 0.4) is 0 Å². The van der Waals surface area contributed by atoms with Crippen LogP contribution in [0.1, 0.15) is 28.3 Å². The van der Waals surface area contributed by atoms with Crippen LogP contribution in [0.5, 0.6) is 0 Å². The van der Waals surface area contributed by atoms with E-state index in [0.29, 0.717) is 6.04 Å². The van der Waals surface area contributed by atoms with E-state index in [1.807, 2.05) is 11.3 Å². The number of hydrogen-bond acceptors (Lipinski definition) is 4.